The standard InChI is InChI=1S/C30H50O4/c1-18(9-12-25(32)27(4,5)33)19-13-15-28(6)20-10-11-22-26(2,3)24(31)14-16-29(22,7)21(20)17-23(28)30(19,8)34/h18-19,22-23,25,32-34H,9-17H2,1-8H3/t18-,19-,22+,23-,25+,28+,29-,30-/m1/s1. The Morgan fingerprint density at radius 1 is 0.941 bits per heavy atom. The first-order chi connectivity index (χ1) is 15.5. The molecule has 8 atom stereocenters. The Morgan fingerprint density at radius 3 is 2.18 bits per heavy atom. The van der Waals surface area contributed by atoms with Crippen LogP contribution in [0.4, 0.5) is 0 Å². The highest BCUT2D eigenvalue weighted by Crippen LogP contribution is 2.70. The van der Waals surface area contributed by atoms with E-state index in [0.717, 1.165) is 44.9 Å². The second-order valence-electron chi connectivity index (χ2n) is 14.4. The predicted molar refractivity (Wildman–Crippen MR) is 136 cm³/mol. The Labute approximate surface area is 207 Å². The van der Waals surface area contributed by atoms with Gasteiger partial charge in [0.25, 0.3) is 0 Å². The molecule has 0 bridgehead atoms. The molecule has 0 aromatic carbocycles. The van der Waals surface area contributed by atoms with E-state index in [2.05, 4.69) is 41.5 Å². The van der Waals surface area contributed by atoms with E-state index in [1.807, 2.05) is 0 Å². The average molecular weight is 475 g/mol. The molecule has 4 heteroatoms. The minimum atomic E-state index is -1.09. The molecule has 4 aliphatic rings. The molecule has 0 saturated heterocycles. The van der Waals surface area contributed by atoms with Crippen molar-refractivity contribution in [1.82, 2.24) is 0 Å². The summed E-state index contributed by atoms with van der Waals surface area (Å²) in [6, 6.07) is 0. The van der Waals surface area contributed by atoms with Crippen LogP contribution in [0.1, 0.15) is 113 Å². The summed E-state index contributed by atoms with van der Waals surface area (Å²) in [6.07, 6.45) is 7.49. The molecule has 0 aliphatic heterocycles. The lowest BCUT2D eigenvalue weighted by molar-refractivity contribution is -0.139. The van der Waals surface area contributed by atoms with E-state index in [9.17, 15) is 20.1 Å². The normalized spacial score (nSPS) is 43.7. The lowest BCUT2D eigenvalue weighted by atomic mass is 9.49. The van der Waals surface area contributed by atoms with Crippen molar-refractivity contribution in [3.63, 3.8) is 0 Å². The van der Waals surface area contributed by atoms with Crippen LogP contribution in [0.25, 0.3) is 0 Å². The number of Topliss-reactive ketones (excluding diaryl/α,β-unsaturated/α-hetero) is 1. The third kappa shape index (κ3) is 3.77. The number of aliphatic hydroxyl groups excluding tert-OH is 1. The molecule has 0 unspecified atom stereocenters. The average Bonchev–Trinajstić information content (AvgIpc) is 3.03. The number of carbonyl (C=O) groups excluding carboxylic acids is 1. The quantitative estimate of drug-likeness (QED) is 0.439. The van der Waals surface area contributed by atoms with Gasteiger partial charge in [0.1, 0.15) is 5.78 Å². The summed E-state index contributed by atoms with van der Waals surface area (Å²) in [5.74, 6) is 1.50. The van der Waals surface area contributed by atoms with Crippen LogP contribution < -0.4 is 0 Å². The number of aliphatic hydroxyl groups is 3. The molecule has 3 N–H and O–H groups in total. The van der Waals surface area contributed by atoms with Crippen LogP contribution in [0.5, 0.6) is 0 Å². The molecule has 0 radical (unpaired) electrons. The molecule has 2 saturated carbocycles. The maximum absolute atomic E-state index is 12.8. The van der Waals surface area contributed by atoms with E-state index in [-0.39, 0.29) is 34.0 Å². The number of rotatable bonds is 5. The van der Waals surface area contributed by atoms with Gasteiger partial charge in [-0.05, 0) is 101 Å². The van der Waals surface area contributed by atoms with Crippen molar-refractivity contribution in [2.24, 2.45) is 39.9 Å². The number of ketones is 1. The second-order valence-corrected chi connectivity index (χ2v) is 14.4. The van der Waals surface area contributed by atoms with Crippen molar-refractivity contribution in [2.75, 3.05) is 0 Å². The lowest BCUT2D eigenvalue weighted by Gasteiger charge is -2.55. The van der Waals surface area contributed by atoms with E-state index in [1.54, 1.807) is 25.0 Å². The van der Waals surface area contributed by atoms with Gasteiger partial charge in [0.15, 0.2) is 0 Å². The second kappa shape index (κ2) is 8.15. The highest BCUT2D eigenvalue weighted by atomic mass is 16.3. The monoisotopic (exact) mass is 474 g/mol. The lowest BCUT2D eigenvalue weighted by Crippen LogP contribution is -2.54. The smallest absolute Gasteiger partial charge is 0.138 e. The van der Waals surface area contributed by atoms with E-state index in [4.69, 9.17) is 0 Å². The number of hydrogen-bond donors (Lipinski definition) is 3. The number of fused-ring (bicyclic) bond motifs is 4. The highest BCUT2D eigenvalue weighted by Gasteiger charge is 2.64. The van der Waals surface area contributed by atoms with Gasteiger partial charge in [0.05, 0.1) is 17.3 Å². The van der Waals surface area contributed by atoms with Gasteiger partial charge >= 0.3 is 0 Å². The topological polar surface area (TPSA) is 77.8 Å². The molecular formula is C30H50O4. The van der Waals surface area contributed by atoms with Gasteiger partial charge in [-0.1, -0.05) is 45.8 Å². The minimum Gasteiger partial charge on any atom is -0.390 e. The summed E-state index contributed by atoms with van der Waals surface area (Å²) in [4.78, 5) is 12.8. The zero-order valence-electron chi connectivity index (χ0n) is 23.0. The Balaban J connectivity index is 1.58. The van der Waals surface area contributed by atoms with Gasteiger partial charge in [0, 0.05) is 17.8 Å². The fourth-order valence-corrected chi connectivity index (χ4v) is 9.33. The van der Waals surface area contributed by atoms with Crippen molar-refractivity contribution in [2.45, 2.75) is 130 Å². The molecule has 0 spiro atoms. The summed E-state index contributed by atoms with van der Waals surface area (Å²) in [5, 5.41) is 32.6. The van der Waals surface area contributed by atoms with Gasteiger partial charge in [-0.2, -0.15) is 0 Å². The van der Waals surface area contributed by atoms with Crippen LogP contribution in [0, 0.1) is 39.9 Å². The van der Waals surface area contributed by atoms with E-state index in [0.29, 0.717) is 24.5 Å². The third-order valence-corrected chi connectivity index (χ3v) is 11.7. The first-order valence-corrected chi connectivity index (χ1v) is 13.9. The maximum atomic E-state index is 12.8. The van der Waals surface area contributed by atoms with E-state index < -0.39 is 17.3 Å². The molecule has 0 heterocycles. The number of hydrogen-bond acceptors (Lipinski definition) is 4. The van der Waals surface area contributed by atoms with E-state index in [1.165, 1.54) is 0 Å². The summed E-state index contributed by atoms with van der Waals surface area (Å²) in [7, 11) is 0. The molecule has 4 nitrogen and oxygen atoms in total. The molecule has 0 aromatic heterocycles. The number of allylic oxidation sites excluding steroid dienone is 2. The molecule has 2 fully saturated rings. The van der Waals surface area contributed by atoms with Crippen molar-refractivity contribution in [3.8, 4) is 0 Å². The van der Waals surface area contributed by atoms with Crippen LogP contribution in [0.2, 0.25) is 0 Å². The van der Waals surface area contributed by atoms with Gasteiger partial charge in [-0.15, -0.1) is 0 Å². The molecule has 34 heavy (non-hydrogen) atoms. The Hall–Kier alpha value is -0.710. The van der Waals surface area contributed by atoms with E-state index >= 15 is 0 Å². The Kier molecular flexibility index (Phi) is 6.32. The third-order valence-electron chi connectivity index (χ3n) is 11.7. The van der Waals surface area contributed by atoms with Gasteiger partial charge in [-0.3, -0.25) is 4.79 Å². The van der Waals surface area contributed by atoms with Crippen molar-refractivity contribution in [1.29, 1.82) is 0 Å². The molecule has 0 aromatic rings. The van der Waals surface area contributed by atoms with Crippen molar-refractivity contribution < 1.29 is 20.1 Å². The zero-order chi connectivity index (χ0) is 25.5. The van der Waals surface area contributed by atoms with Gasteiger partial charge in [-0.25, -0.2) is 0 Å². The largest absolute Gasteiger partial charge is 0.390 e. The Bertz CT molecular complexity index is 862. The Morgan fingerprint density at radius 2 is 1.56 bits per heavy atom. The molecule has 4 rings (SSSR count). The summed E-state index contributed by atoms with van der Waals surface area (Å²) >= 11 is 0. The summed E-state index contributed by atoms with van der Waals surface area (Å²) in [6.45, 7) is 16.8. The van der Waals surface area contributed by atoms with Crippen LogP contribution >= 0.6 is 0 Å². The SMILES string of the molecule is C[C@H](CC[C@H](O)C(C)(C)O)[C@H]1CC[C@@]2(C)C3=C(C[C@H]2[C@]1(C)O)[C@@]1(C)CCC(=O)C(C)(C)[C@@H]1CC3. The van der Waals surface area contributed by atoms with Crippen molar-refractivity contribution >= 4 is 5.78 Å². The van der Waals surface area contributed by atoms with Crippen molar-refractivity contribution in [3.05, 3.63) is 11.1 Å². The minimum absolute atomic E-state index is 0.0429. The predicted octanol–water partition coefficient (Wildman–Crippen LogP) is 5.82. The maximum Gasteiger partial charge on any atom is 0.138 e. The fraction of sp³-hybridized carbons (Fsp3) is 0.900. The van der Waals surface area contributed by atoms with Crippen LogP contribution in [0.15, 0.2) is 11.1 Å². The van der Waals surface area contributed by atoms with Crippen LogP contribution in [0.3, 0.4) is 0 Å². The molecule has 0 amide bonds. The van der Waals surface area contributed by atoms with Gasteiger partial charge < -0.3 is 15.3 Å². The molecule has 194 valence electrons. The first kappa shape index (κ1) is 26.4. The number of carbonyl (C=O) groups is 1. The van der Waals surface area contributed by atoms with Gasteiger partial charge in [0.2, 0.25) is 0 Å². The summed E-state index contributed by atoms with van der Waals surface area (Å²) in [5.41, 5.74) is 1.19. The highest BCUT2D eigenvalue weighted by molar-refractivity contribution is 5.85. The molecule has 4 aliphatic carbocycles. The summed E-state index contributed by atoms with van der Waals surface area (Å²) < 4.78 is 0. The first-order valence-electron chi connectivity index (χ1n) is 13.9. The fourth-order valence-electron chi connectivity index (χ4n) is 9.33. The van der Waals surface area contributed by atoms with Crippen LogP contribution in [-0.2, 0) is 4.79 Å². The van der Waals surface area contributed by atoms with Crippen LogP contribution in [-0.4, -0.2) is 38.4 Å². The zero-order valence-corrected chi connectivity index (χ0v) is 23.0. The molecular weight excluding hydrogens is 424 g/mol.